The van der Waals surface area contributed by atoms with Crippen LogP contribution in [0.1, 0.15) is 32.0 Å². The first-order chi connectivity index (χ1) is 14.2. The molecule has 0 radical (unpaired) electrons. The Hall–Kier alpha value is -2.97. The Balaban J connectivity index is 1.81. The van der Waals surface area contributed by atoms with Gasteiger partial charge in [-0.05, 0) is 17.7 Å². The molecule has 1 heterocycles. The van der Waals surface area contributed by atoms with Gasteiger partial charge in [0.1, 0.15) is 0 Å². The molecular weight excluding hydrogens is 402 g/mol. The van der Waals surface area contributed by atoms with Gasteiger partial charge < -0.3 is 4.52 Å². The summed E-state index contributed by atoms with van der Waals surface area (Å²) in [6, 6.07) is 18.8. The van der Waals surface area contributed by atoms with E-state index in [1.165, 1.54) is 12.1 Å². The molecule has 158 valence electrons. The van der Waals surface area contributed by atoms with Gasteiger partial charge in [0, 0.05) is 18.0 Å². The van der Waals surface area contributed by atoms with Gasteiger partial charge in [-0.3, -0.25) is 10.1 Å². The van der Waals surface area contributed by atoms with Gasteiger partial charge in [-0.15, -0.1) is 0 Å². The van der Waals surface area contributed by atoms with Gasteiger partial charge in [0.05, 0.1) is 17.1 Å². The van der Waals surface area contributed by atoms with E-state index in [4.69, 9.17) is 4.52 Å². The third kappa shape index (κ3) is 5.34. The van der Waals surface area contributed by atoms with E-state index in [0.29, 0.717) is 5.69 Å². The van der Waals surface area contributed by atoms with Crippen molar-refractivity contribution in [2.75, 3.05) is 11.9 Å². The number of carbonyl (C=O) groups excluding carboxylic acids is 1. The van der Waals surface area contributed by atoms with Crippen LogP contribution in [-0.4, -0.2) is 30.3 Å². The topological polar surface area (TPSA) is 92.5 Å². The Kier molecular flexibility index (Phi) is 6.38. The molecule has 8 heteroatoms. The molecule has 0 saturated carbocycles. The summed E-state index contributed by atoms with van der Waals surface area (Å²) >= 11 is 0. The highest BCUT2D eigenvalue weighted by molar-refractivity contribution is 7.89. The summed E-state index contributed by atoms with van der Waals surface area (Å²) in [5.41, 5.74) is 1.23. The highest BCUT2D eigenvalue weighted by Gasteiger charge is 2.27. The predicted octanol–water partition coefficient (Wildman–Crippen LogP) is 3.80. The first-order valence-corrected chi connectivity index (χ1v) is 11.0. The predicted molar refractivity (Wildman–Crippen MR) is 114 cm³/mol. The average molecular weight is 428 g/mol. The zero-order valence-electron chi connectivity index (χ0n) is 17.2. The molecule has 0 fully saturated rings. The van der Waals surface area contributed by atoms with Gasteiger partial charge in [0.15, 0.2) is 0 Å². The number of nitrogens with one attached hydrogen (secondary N) is 1. The minimum atomic E-state index is -3.88. The number of rotatable bonds is 7. The zero-order valence-corrected chi connectivity index (χ0v) is 18.0. The van der Waals surface area contributed by atoms with Crippen LogP contribution in [0.3, 0.4) is 0 Å². The van der Waals surface area contributed by atoms with Gasteiger partial charge in [0.25, 0.3) is 0 Å². The molecule has 0 bridgehead atoms. The molecule has 0 aliphatic carbocycles. The van der Waals surface area contributed by atoms with Crippen molar-refractivity contribution in [1.82, 2.24) is 9.46 Å². The molecule has 0 unspecified atom stereocenters. The van der Waals surface area contributed by atoms with Crippen LogP contribution in [0.15, 0.2) is 76.1 Å². The molecule has 0 spiro atoms. The molecule has 0 atom stereocenters. The second-order valence-electron chi connectivity index (χ2n) is 7.95. The number of benzene rings is 2. The smallest absolute Gasteiger partial charge is 0.243 e. The number of amides is 1. The third-order valence-electron chi connectivity index (χ3n) is 4.44. The highest BCUT2D eigenvalue weighted by Crippen LogP contribution is 2.24. The van der Waals surface area contributed by atoms with Crippen LogP contribution in [0.25, 0.3) is 0 Å². The summed E-state index contributed by atoms with van der Waals surface area (Å²) in [6.07, 6.45) is 0. The normalized spacial score (nSPS) is 12.1. The second kappa shape index (κ2) is 8.81. The fraction of sp³-hybridized carbons (Fsp3) is 0.273. The monoisotopic (exact) mass is 427 g/mol. The summed E-state index contributed by atoms with van der Waals surface area (Å²) in [4.78, 5) is 12.8. The molecule has 1 aromatic heterocycles. The zero-order chi connectivity index (χ0) is 21.8. The number of nitrogens with zero attached hydrogens (tertiary/aromatic N) is 2. The van der Waals surface area contributed by atoms with E-state index < -0.39 is 15.9 Å². The Morgan fingerprint density at radius 2 is 1.63 bits per heavy atom. The SMILES string of the molecule is CC(C)(C)c1cc(NC(=O)CN(Cc2ccccc2)S(=O)(=O)c2ccccc2)on1. The summed E-state index contributed by atoms with van der Waals surface area (Å²) < 4.78 is 32.7. The molecule has 0 aliphatic rings. The van der Waals surface area contributed by atoms with Crippen molar-refractivity contribution >= 4 is 21.8 Å². The lowest BCUT2D eigenvalue weighted by Crippen LogP contribution is -2.37. The Bertz CT molecular complexity index is 1090. The molecular formula is C22H25N3O4S. The minimum absolute atomic E-state index is 0.0646. The maximum Gasteiger partial charge on any atom is 0.243 e. The van der Waals surface area contributed by atoms with Crippen LogP contribution in [0.5, 0.6) is 0 Å². The van der Waals surface area contributed by atoms with Crippen molar-refractivity contribution in [2.24, 2.45) is 0 Å². The number of hydrogen-bond donors (Lipinski definition) is 1. The van der Waals surface area contributed by atoms with Crippen LogP contribution in [0.2, 0.25) is 0 Å². The van der Waals surface area contributed by atoms with E-state index in [-0.39, 0.29) is 29.3 Å². The minimum Gasteiger partial charge on any atom is -0.338 e. The standard InChI is InChI=1S/C22H25N3O4S/c1-22(2,3)19-14-21(29-24-19)23-20(26)16-25(15-17-10-6-4-7-11-17)30(27,28)18-12-8-5-9-13-18/h4-14H,15-16H2,1-3H3,(H,23,26). The first kappa shape index (κ1) is 21.7. The van der Waals surface area contributed by atoms with Gasteiger partial charge in [-0.25, -0.2) is 8.42 Å². The maximum absolute atomic E-state index is 13.2. The Morgan fingerprint density at radius 1 is 1.03 bits per heavy atom. The fourth-order valence-corrected chi connectivity index (χ4v) is 4.18. The maximum atomic E-state index is 13.2. The summed E-state index contributed by atoms with van der Waals surface area (Å²) in [7, 11) is -3.88. The Morgan fingerprint density at radius 3 is 2.20 bits per heavy atom. The molecule has 1 N–H and O–H groups in total. The Labute approximate surface area is 176 Å². The molecule has 0 saturated heterocycles. The number of hydrogen-bond acceptors (Lipinski definition) is 5. The second-order valence-corrected chi connectivity index (χ2v) is 9.88. The van der Waals surface area contributed by atoms with E-state index >= 15 is 0 Å². The lowest BCUT2D eigenvalue weighted by molar-refractivity contribution is -0.116. The molecule has 3 aromatic rings. The fourth-order valence-electron chi connectivity index (χ4n) is 2.78. The summed E-state index contributed by atoms with van der Waals surface area (Å²) in [5.74, 6) is -0.330. The average Bonchev–Trinajstić information content (AvgIpc) is 3.18. The summed E-state index contributed by atoms with van der Waals surface area (Å²) in [6.45, 7) is 5.63. The molecule has 2 aromatic carbocycles. The lowest BCUT2D eigenvalue weighted by Gasteiger charge is -2.21. The van der Waals surface area contributed by atoms with E-state index in [0.717, 1.165) is 9.87 Å². The van der Waals surface area contributed by atoms with Crippen LogP contribution < -0.4 is 5.32 Å². The van der Waals surface area contributed by atoms with Crippen molar-refractivity contribution < 1.29 is 17.7 Å². The van der Waals surface area contributed by atoms with Crippen molar-refractivity contribution in [3.05, 3.63) is 78.0 Å². The molecule has 0 aliphatic heterocycles. The lowest BCUT2D eigenvalue weighted by atomic mass is 9.92. The van der Waals surface area contributed by atoms with Crippen LogP contribution in [0, 0.1) is 0 Å². The molecule has 7 nitrogen and oxygen atoms in total. The largest absolute Gasteiger partial charge is 0.338 e. The number of sulfonamides is 1. The van der Waals surface area contributed by atoms with Crippen molar-refractivity contribution in [1.29, 1.82) is 0 Å². The molecule has 30 heavy (non-hydrogen) atoms. The third-order valence-corrected chi connectivity index (χ3v) is 6.25. The van der Waals surface area contributed by atoms with E-state index in [2.05, 4.69) is 10.5 Å². The van der Waals surface area contributed by atoms with Gasteiger partial charge in [-0.2, -0.15) is 4.31 Å². The highest BCUT2D eigenvalue weighted by atomic mass is 32.2. The van der Waals surface area contributed by atoms with Crippen molar-refractivity contribution in [3.63, 3.8) is 0 Å². The number of anilines is 1. The van der Waals surface area contributed by atoms with Crippen LogP contribution in [-0.2, 0) is 26.8 Å². The number of carbonyl (C=O) groups is 1. The van der Waals surface area contributed by atoms with Crippen LogP contribution in [0.4, 0.5) is 5.88 Å². The van der Waals surface area contributed by atoms with E-state index in [1.807, 2.05) is 51.1 Å². The van der Waals surface area contributed by atoms with Crippen molar-refractivity contribution in [2.45, 2.75) is 37.6 Å². The molecule has 3 rings (SSSR count). The van der Waals surface area contributed by atoms with Crippen LogP contribution >= 0.6 is 0 Å². The van der Waals surface area contributed by atoms with Gasteiger partial charge in [0.2, 0.25) is 21.8 Å². The van der Waals surface area contributed by atoms with Gasteiger partial charge >= 0.3 is 0 Å². The van der Waals surface area contributed by atoms with E-state index in [1.54, 1.807) is 24.3 Å². The van der Waals surface area contributed by atoms with Crippen molar-refractivity contribution in [3.8, 4) is 0 Å². The van der Waals surface area contributed by atoms with Gasteiger partial charge in [-0.1, -0.05) is 74.5 Å². The number of aromatic nitrogens is 1. The molecule has 1 amide bonds. The first-order valence-electron chi connectivity index (χ1n) is 9.52. The quantitative estimate of drug-likeness (QED) is 0.619. The van der Waals surface area contributed by atoms with E-state index in [9.17, 15) is 13.2 Å². The summed E-state index contributed by atoms with van der Waals surface area (Å²) in [5, 5.41) is 6.56.